The number of methoxy groups -OCH3 is 2. The van der Waals surface area contributed by atoms with Gasteiger partial charge in [0.05, 0.1) is 24.4 Å². The predicted octanol–water partition coefficient (Wildman–Crippen LogP) is 4.11. The van der Waals surface area contributed by atoms with Crippen molar-refractivity contribution in [2.75, 3.05) is 20.0 Å². The lowest BCUT2D eigenvalue weighted by Crippen LogP contribution is -2.23. The zero-order valence-corrected chi connectivity index (χ0v) is 16.3. The summed E-state index contributed by atoms with van der Waals surface area (Å²) in [6.07, 6.45) is 0.452. The minimum atomic E-state index is 0.0217. The zero-order valence-electron chi connectivity index (χ0n) is 14.7. The Hall–Kier alpha value is -2.25. The molecule has 0 unspecified atom stereocenters. The molecule has 0 fully saturated rings. The van der Waals surface area contributed by atoms with Crippen LogP contribution in [0.1, 0.15) is 12.0 Å². The second-order valence-corrected chi connectivity index (χ2v) is 7.88. The average Bonchev–Trinajstić information content (AvgIpc) is 3.08. The summed E-state index contributed by atoms with van der Waals surface area (Å²) in [5.41, 5.74) is 1.98. The van der Waals surface area contributed by atoms with Gasteiger partial charge in [-0.05, 0) is 29.8 Å². The largest absolute Gasteiger partial charge is 0.493 e. The number of ether oxygens (including phenoxy) is 2. The van der Waals surface area contributed by atoms with Gasteiger partial charge in [0.15, 0.2) is 15.8 Å². The normalized spacial score (nSPS) is 10.7. The molecule has 0 saturated heterocycles. The highest BCUT2D eigenvalue weighted by Crippen LogP contribution is 2.30. The SMILES string of the molecule is COc1ccc(CNC(=O)CCSc2nc3ccccc3s2)cc1OC. The lowest BCUT2D eigenvalue weighted by atomic mass is 10.2. The van der Waals surface area contributed by atoms with Crippen LogP contribution in [0.3, 0.4) is 0 Å². The van der Waals surface area contributed by atoms with Gasteiger partial charge in [0.2, 0.25) is 5.91 Å². The van der Waals surface area contributed by atoms with E-state index in [1.54, 1.807) is 37.3 Å². The number of carbonyl (C=O) groups excluding carboxylic acids is 1. The Morgan fingerprint density at radius 3 is 2.73 bits per heavy atom. The molecule has 7 heteroatoms. The van der Waals surface area contributed by atoms with Crippen molar-refractivity contribution in [1.29, 1.82) is 0 Å². The van der Waals surface area contributed by atoms with E-state index >= 15 is 0 Å². The number of rotatable bonds is 8. The van der Waals surface area contributed by atoms with Gasteiger partial charge in [-0.25, -0.2) is 4.98 Å². The summed E-state index contributed by atoms with van der Waals surface area (Å²) in [5.74, 6) is 2.06. The maximum atomic E-state index is 12.1. The quantitative estimate of drug-likeness (QED) is 0.589. The highest BCUT2D eigenvalue weighted by atomic mass is 32.2. The summed E-state index contributed by atoms with van der Waals surface area (Å²) in [6, 6.07) is 13.7. The molecule has 0 radical (unpaired) electrons. The number of carbonyl (C=O) groups is 1. The van der Waals surface area contributed by atoms with Crippen molar-refractivity contribution in [3.63, 3.8) is 0 Å². The van der Waals surface area contributed by atoms with Gasteiger partial charge >= 0.3 is 0 Å². The number of aromatic nitrogens is 1. The second-order valence-electron chi connectivity index (χ2n) is 5.51. The topological polar surface area (TPSA) is 60.5 Å². The van der Waals surface area contributed by atoms with Crippen LogP contribution in [0.2, 0.25) is 0 Å². The van der Waals surface area contributed by atoms with Crippen LogP contribution < -0.4 is 14.8 Å². The molecule has 0 aliphatic rings. The fraction of sp³-hybridized carbons (Fsp3) is 0.263. The first kappa shape index (κ1) is 18.5. The number of nitrogens with zero attached hydrogens (tertiary/aromatic N) is 1. The number of benzene rings is 2. The van der Waals surface area contributed by atoms with Crippen molar-refractivity contribution < 1.29 is 14.3 Å². The predicted molar refractivity (Wildman–Crippen MR) is 106 cm³/mol. The van der Waals surface area contributed by atoms with E-state index in [0.717, 1.165) is 15.4 Å². The molecule has 0 spiro atoms. The van der Waals surface area contributed by atoms with Crippen LogP contribution in [0.5, 0.6) is 11.5 Å². The molecule has 0 aliphatic carbocycles. The highest BCUT2D eigenvalue weighted by Gasteiger charge is 2.08. The number of para-hydroxylation sites is 1. The number of fused-ring (bicyclic) bond motifs is 1. The lowest BCUT2D eigenvalue weighted by molar-refractivity contribution is -0.120. The molecule has 1 aromatic heterocycles. The van der Waals surface area contributed by atoms with Crippen LogP contribution in [0.15, 0.2) is 46.8 Å². The Morgan fingerprint density at radius 2 is 1.96 bits per heavy atom. The third-order valence-electron chi connectivity index (χ3n) is 3.77. The number of amides is 1. The Bertz CT molecular complexity index is 862. The third kappa shape index (κ3) is 4.68. The van der Waals surface area contributed by atoms with E-state index in [0.29, 0.717) is 30.2 Å². The summed E-state index contributed by atoms with van der Waals surface area (Å²) in [6.45, 7) is 0.463. The first-order chi connectivity index (χ1) is 12.7. The molecule has 3 rings (SSSR count). The number of thiazole rings is 1. The van der Waals surface area contributed by atoms with Gasteiger partial charge in [-0.2, -0.15) is 0 Å². The highest BCUT2D eigenvalue weighted by molar-refractivity contribution is 8.01. The van der Waals surface area contributed by atoms with Crippen LogP contribution in [0.25, 0.3) is 10.2 Å². The Kier molecular flexibility index (Phi) is 6.35. The van der Waals surface area contributed by atoms with Gasteiger partial charge in [0.1, 0.15) is 0 Å². The standard InChI is InChI=1S/C19H20N2O3S2/c1-23-15-8-7-13(11-16(15)24-2)12-20-18(22)9-10-25-19-21-14-5-3-4-6-17(14)26-19/h3-8,11H,9-10,12H2,1-2H3,(H,20,22). The summed E-state index contributed by atoms with van der Waals surface area (Å²) in [4.78, 5) is 16.6. The number of thioether (sulfide) groups is 1. The van der Waals surface area contributed by atoms with E-state index in [1.807, 2.05) is 36.4 Å². The molecule has 0 saturated carbocycles. The molecule has 0 atom stereocenters. The molecular weight excluding hydrogens is 368 g/mol. The fourth-order valence-electron chi connectivity index (χ4n) is 2.42. The minimum absolute atomic E-state index is 0.0217. The Labute approximate surface area is 160 Å². The van der Waals surface area contributed by atoms with E-state index in [4.69, 9.17) is 9.47 Å². The molecule has 136 valence electrons. The first-order valence-electron chi connectivity index (χ1n) is 8.15. The van der Waals surface area contributed by atoms with Gasteiger partial charge in [0, 0.05) is 18.7 Å². The third-order valence-corrected chi connectivity index (χ3v) is 5.95. The molecule has 1 heterocycles. The Morgan fingerprint density at radius 1 is 1.15 bits per heavy atom. The van der Waals surface area contributed by atoms with Gasteiger partial charge in [0.25, 0.3) is 0 Å². The second kappa shape index (κ2) is 8.91. The number of nitrogens with one attached hydrogen (secondary N) is 1. The van der Waals surface area contributed by atoms with Crippen LogP contribution in [0.4, 0.5) is 0 Å². The monoisotopic (exact) mass is 388 g/mol. The van der Waals surface area contributed by atoms with Crippen molar-refractivity contribution >= 4 is 39.2 Å². The van der Waals surface area contributed by atoms with Gasteiger partial charge < -0.3 is 14.8 Å². The van der Waals surface area contributed by atoms with E-state index in [1.165, 1.54) is 4.70 Å². The first-order valence-corrected chi connectivity index (χ1v) is 9.96. The average molecular weight is 389 g/mol. The molecule has 1 amide bonds. The number of hydrogen-bond acceptors (Lipinski definition) is 6. The van der Waals surface area contributed by atoms with Gasteiger partial charge in [-0.1, -0.05) is 30.0 Å². The van der Waals surface area contributed by atoms with E-state index < -0.39 is 0 Å². The van der Waals surface area contributed by atoms with Crippen molar-refractivity contribution in [3.8, 4) is 11.5 Å². The summed E-state index contributed by atoms with van der Waals surface area (Å²) in [7, 11) is 3.20. The van der Waals surface area contributed by atoms with Crippen LogP contribution in [0, 0.1) is 0 Å². The fourth-order valence-corrected chi connectivity index (χ4v) is 4.50. The van der Waals surface area contributed by atoms with Crippen LogP contribution in [-0.4, -0.2) is 30.9 Å². The molecule has 3 aromatic rings. The van der Waals surface area contributed by atoms with Crippen LogP contribution >= 0.6 is 23.1 Å². The van der Waals surface area contributed by atoms with E-state index in [2.05, 4.69) is 16.4 Å². The van der Waals surface area contributed by atoms with Crippen molar-refractivity contribution in [3.05, 3.63) is 48.0 Å². The molecule has 5 nitrogen and oxygen atoms in total. The van der Waals surface area contributed by atoms with Crippen molar-refractivity contribution in [2.45, 2.75) is 17.3 Å². The molecular formula is C19H20N2O3S2. The summed E-state index contributed by atoms with van der Waals surface area (Å²) in [5, 5.41) is 2.93. The lowest BCUT2D eigenvalue weighted by Gasteiger charge is -2.10. The van der Waals surface area contributed by atoms with Gasteiger partial charge in [-0.3, -0.25) is 4.79 Å². The van der Waals surface area contributed by atoms with E-state index in [-0.39, 0.29) is 5.91 Å². The molecule has 1 N–H and O–H groups in total. The van der Waals surface area contributed by atoms with Crippen molar-refractivity contribution in [1.82, 2.24) is 10.3 Å². The number of hydrogen-bond donors (Lipinski definition) is 1. The Balaban J connectivity index is 1.45. The maximum absolute atomic E-state index is 12.1. The molecule has 0 aliphatic heterocycles. The minimum Gasteiger partial charge on any atom is -0.493 e. The smallest absolute Gasteiger partial charge is 0.221 e. The molecule has 0 bridgehead atoms. The maximum Gasteiger partial charge on any atom is 0.221 e. The zero-order chi connectivity index (χ0) is 18.4. The molecule has 26 heavy (non-hydrogen) atoms. The molecule has 2 aromatic carbocycles. The van der Waals surface area contributed by atoms with E-state index in [9.17, 15) is 4.79 Å². The van der Waals surface area contributed by atoms with Crippen molar-refractivity contribution in [2.24, 2.45) is 0 Å². The summed E-state index contributed by atoms with van der Waals surface area (Å²) < 4.78 is 12.7. The summed E-state index contributed by atoms with van der Waals surface area (Å²) >= 11 is 3.28. The van der Waals surface area contributed by atoms with Gasteiger partial charge in [-0.15, -0.1) is 11.3 Å². The van der Waals surface area contributed by atoms with Crippen LogP contribution in [-0.2, 0) is 11.3 Å².